The standard InChI is InChI=1S/C14H17N5O/c1-10(2)12-6-3-11(4-7-12)5-8-14(20)15-9-13-16-18-19-17-13/h3-8,10H,9H2,1-2H3,(H,15,20)(H,16,17,18,19). The Morgan fingerprint density at radius 2 is 2.10 bits per heavy atom. The van der Waals surface area contributed by atoms with E-state index >= 15 is 0 Å². The second-order valence-electron chi connectivity index (χ2n) is 4.70. The van der Waals surface area contributed by atoms with Gasteiger partial charge in [0.05, 0.1) is 6.54 Å². The molecule has 1 aromatic carbocycles. The van der Waals surface area contributed by atoms with Crippen LogP contribution in [0.25, 0.3) is 6.08 Å². The molecule has 0 fully saturated rings. The number of carbonyl (C=O) groups is 1. The molecule has 104 valence electrons. The first-order valence-electron chi connectivity index (χ1n) is 6.43. The fraction of sp³-hybridized carbons (Fsp3) is 0.286. The average Bonchev–Trinajstić information content (AvgIpc) is 2.96. The summed E-state index contributed by atoms with van der Waals surface area (Å²) in [6.45, 7) is 4.55. The van der Waals surface area contributed by atoms with Crippen LogP contribution in [-0.2, 0) is 11.3 Å². The van der Waals surface area contributed by atoms with Crippen molar-refractivity contribution in [3.05, 3.63) is 47.3 Å². The van der Waals surface area contributed by atoms with Gasteiger partial charge in [0.2, 0.25) is 5.91 Å². The van der Waals surface area contributed by atoms with Crippen molar-refractivity contribution >= 4 is 12.0 Å². The molecule has 0 aliphatic carbocycles. The lowest BCUT2D eigenvalue weighted by Gasteiger charge is -2.04. The molecule has 0 saturated heterocycles. The number of benzene rings is 1. The Bertz CT molecular complexity index is 572. The molecule has 20 heavy (non-hydrogen) atoms. The fourth-order valence-electron chi connectivity index (χ4n) is 1.65. The number of carbonyl (C=O) groups excluding carboxylic acids is 1. The fourth-order valence-corrected chi connectivity index (χ4v) is 1.65. The molecule has 2 N–H and O–H groups in total. The molecule has 0 saturated carbocycles. The van der Waals surface area contributed by atoms with Gasteiger partial charge in [-0.2, -0.15) is 5.21 Å². The third-order valence-electron chi connectivity index (χ3n) is 2.84. The van der Waals surface area contributed by atoms with E-state index in [1.165, 1.54) is 11.6 Å². The van der Waals surface area contributed by atoms with Crippen LogP contribution < -0.4 is 5.32 Å². The summed E-state index contributed by atoms with van der Waals surface area (Å²) in [5.41, 5.74) is 2.27. The minimum absolute atomic E-state index is 0.192. The van der Waals surface area contributed by atoms with E-state index in [-0.39, 0.29) is 12.5 Å². The van der Waals surface area contributed by atoms with Crippen LogP contribution in [-0.4, -0.2) is 26.5 Å². The maximum Gasteiger partial charge on any atom is 0.244 e. The molecular formula is C14H17N5O. The summed E-state index contributed by atoms with van der Waals surface area (Å²) in [6.07, 6.45) is 3.26. The van der Waals surface area contributed by atoms with Crippen molar-refractivity contribution in [3.8, 4) is 0 Å². The molecule has 1 aromatic heterocycles. The molecule has 0 aliphatic rings. The molecule has 1 amide bonds. The normalized spacial score (nSPS) is 11.2. The lowest BCUT2D eigenvalue weighted by molar-refractivity contribution is -0.116. The Hall–Kier alpha value is -2.50. The zero-order valence-corrected chi connectivity index (χ0v) is 11.5. The van der Waals surface area contributed by atoms with Crippen molar-refractivity contribution < 1.29 is 4.79 Å². The Labute approximate surface area is 117 Å². The topological polar surface area (TPSA) is 83.6 Å². The third kappa shape index (κ3) is 4.01. The van der Waals surface area contributed by atoms with E-state index in [0.717, 1.165) is 5.56 Å². The summed E-state index contributed by atoms with van der Waals surface area (Å²) in [5, 5.41) is 15.9. The Morgan fingerprint density at radius 1 is 1.35 bits per heavy atom. The summed E-state index contributed by atoms with van der Waals surface area (Å²) in [7, 11) is 0. The Kier molecular flexibility index (Phi) is 4.60. The van der Waals surface area contributed by atoms with Crippen molar-refractivity contribution in [2.75, 3.05) is 0 Å². The van der Waals surface area contributed by atoms with Gasteiger partial charge in [-0.25, -0.2) is 0 Å². The molecule has 0 spiro atoms. The van der Waals surface area contributed by atoms with Crippen LogP contribution in [0.2, 0.25) is 0 Å². The number of H-pyrrole nitrogens is 1. The van der Waals surface area contributed by atoms with E-state index in [1.54, 1.807) is 6.08 Å². The van der Waals surface area contributed by atoms with Gasteiger partial charge in [0.25, 0.3) is 0 Å². The molecule has 0 atom stereocenters. The van der Waals surface area contributed by atoms with Gasteiger partial charge in [0.15, 0.2) is 5.82 Å². The van der Waals surface area contributed by atoms with Crippen LogP contribution >= 0.6 is 0 Å². The minimum atomic E-state index is -0.192. The van der Waals surface area contributed by atoms with Crippen LogP contribution in [0.5, 0.6) is 0 Å². The zero-order valence-electron chi connectivity index (χ0n) is 11.5. The lowest BCUT2D eigenvalue weighted by atomic mass is 10.0. The molecule has 1 heterocycles. The number of aromatic amines is 1. The van der Waals surface area contributed by atoms with Crippen molar-refractivity contribution in [1.82, 2.24) is 25.9 Å². The quantitative estimate of drug-likeness (QED) is 0.810. The maximum atomic E-state index is 11.6. The van der Waals surface area contributed by atoms with E-state index in [1.807, 2.05) is 12.1 Å². The van der Waals surface area contributed by atoms with E-state index in [0.29, 0.717) is 11.7 Å². The second-order valence-corrected chi connectivity index (χ2v) is 4.70. The van der Waals surface area contributed by atoms with Gasteiger partial charge in [0, 0.05) is 6.08 Å². The number of rotatable bonds is 5. The SMILES string of the molecule is CC(C)c1ccc(C=CC(=O)NCc2nn[nH]n2)cc1. The zero-order chi connectivity index (χ0) is 14.4. The number of nitrogens with zero attached hydrogens (tertiary/aromatic N) is 3. The first-order valence-corrected chi connectivity index (χ1v) is 6.43. The lowest BCUT2D eigenvalue weighted by Crippen LogP contribution is -2.20. The average molecular weight is 271 g/mol. The van der Waals surface area contributed by atoms with Crippen LogP contribution in [0.15, 0.2) is 30.3 Å². The van der Waals surface area contributed by atoms with E-state index in [2.05, 4.69) is 51.9 Å². The molecule has 6 heteroatoms. The molecule has 2 rings (SSSR count). The molecule has 6 nitrogen and oxygen atoms in total. The number of aromatic nitrogens is 4. The summed E-state index contributed by atoms with van der Waals surface area (Å²) >= 11 is 0. The van der Waals surface area contributed by atoms with Gasteiger partial charge in [-0.3, -0.25) is 4.79 Å². The summed E-state index contributed by atoms with van der Waals surface area (Å²) in [4.78, 5) is 11.6. The first kappa shape index (κ1) is 13.9. The summed E-state index contributed by atoms with van der Waals surface area (Å²) in [5.74, 6) is 0.766. The van der Waals surface area contributed by atoms with Gasteiger partial charge in [-0.1, -0.05) is 43.3 Å². The maximum absolute atomic E-state index is 11.6. The van der Waals surface area contributed by atoms with Crippen LogP contribution in [0.3, 0.4) is 0 Å². The van der Waals surface area contributed by atoms with Crippen molar-refractivity contribution in [2.45, 2.75) is 26.3 Å². The van der Waals surface area contributed by atoms with Crippen LogP contribution in [0.1, 0.15) is 36.7 Å². The molecule has 0 radical (unpaired) electrons. The van der Waals surface area contributed by atoms with Gasteiger partial charge >= 0.3 is 0 Å². The van der Waals surface area contributed by atoms with E-state index in [4.69, 9.17) is 0 Å². The summed E-state index contributed by atoms with van der Waals surface area (Å²) < 4.78 is 0. The first-order chi connectivity index (χ1) is 9.65. The minimum Gasteiger partial charge on any atom is -0.345 e. The van der Waals surface area contributed by atoms with Crippen LogP contribution in [0, 0.1) is 0 Å². The van der Waals surface area contributed by atoms with Crippen LogP contribution in [0.4, 0.5) is 0 Å². The van der Waals surface area contributed by atoms with Gasteiger partial charge in [0.1, 0.15) is 0 Å². The summed E-state index contributed by atoms with van der Waals surface area (Å²) in [6, 6.07) is 8.14. The van der Waals surface area contributed by atoms with Gasteiger partial charge < -0.3 is 5.32 Å². The van der Waals surface area contributed by atoms with Crippen molar-refractivity contribution in [2.24, 2.45) is 0 Å². The molecule has 0 bridgehead atoms. The molecule has 0 unspecified atom stereocenters. The Balaban J connectivity index is 1.86. The highest BCUT2D eigenvalue weighted by Gasteiger charge is 2.00. The second kappa shape index (κ2) is 6.60. The highest BCUT2D eigenvalue weighted by atomic mass is 16.1. The van der Waals surface area contributed by atoms with Crippen molar-refractivity contribution in [3.63, 3.8) is 0 Å². The van der Waals surface area contributed by atoms with Gasteiger partial charge in [-0.15, -0.1) is 10.2 Å². The number of nitrogens with one attached hydrogen (secondary N) is 2. The van der Waals surface area contributed by atoms with Crippen molar-refractivity contribution in [1.29, 1.82) is 0 Å². The number of amides is 1. The molecule has 2 aromatic rings. The predicted molar refractivity (Wildman–Crippen MR) is 75.6 cm³/mol. The predicted octanol–water partition coefficient (Wildman–Crippen LogP) is 1.65. The largest absolute Gasteiger partial charge is 0.345 e. The highest BCUT2D eigenvalue weighted by molar-refractivity contribution is 5.91. The van der Waals surface area contributed by atoms with E-state index in [9.17, 15) is 4.79 Å². The monoisotopic (exact) mass is 271 g/mol. The Morgan fingerprint density at radius 3 is 2.70 bits per heavy atom. The smallest absolute Gasteiger partial charge is 0.244 e. The van der Waals surface area contributed by atoms with E-state index < -0.39 is 0 Å². The molecule has 0 aliphatic heterocycles. The number of hydrogen-bond donors (Lipinski definition) is 2. The van der Waals surface area contributed by atoms with Gasteiger partial charge in [-0.05, 0) is 23.1 Å². The number of tetrazole rings is 1. The molecular weight excluding hydrogens is 254 g/mol. The third-order valence-corrected chi connectivity index (χ3v) is 2.84. The number of hydrogen-bond acceptors (Lipinski definition) is 4. The highest BCUT2D eigenvalue weighted by Crippen LogP contribution is 2.15.